The number of hydrogen-bond donors (Lipinski definition) is 2. The zero-order valence-corrected chi connectivity index (χ0v) is 6.62. The number of rotatable bonds is 3. The Morgan fingerprint density at radius 3 is 2.42 bits per heavy atom. The highest BCUT2D eigenvalue weighted by atomic mass is 16.5. The van der Waals surface area contributed by atoms with Gasteiger partial charge in [-0.15, -0.1) is 0 Å². The molecular formula is C6H10N2O4. The lowest BCUT2D eigenvalue weighted by Gasteiger charge is -2.00. The number of ether oxygens (including phenoxy) is 1. The Morgan fingerprint density at radius 2 is 2.00 bits per heavy atom. The summed E-state index contributed by atoms with van der Waals surface area (Å²) in [5, 5.41) is 1.98. The molecular weight excluding hydrogens is 164 g/mol. The quantitative estimate of drug-likeness (QED) is 0.387. The van der Waals surface area contributed by atoms with Crippen molar-refractivity contribution in [2.75, 3.05) is 13.2 Å². The van der Waals surface area contributed by atoms with Crippen molar-refractivity contribution < 1.29 is 19.1 Å². The van der Waals surface area contributed by atoms with Gasteiger partial charge in [0.2, 0.25) is 5.91 Å². The first-order valence-corrected chi connectivity index (χ1v) is 3.31. The first-order chi connectivity index (χ1) is 5.57. The van der Waals surface area contributed by atoms with Crippen LogP contribution in [0.1, 0.15) is 6.92 Å². The van der Waals surface area contributed by atoms with E-state index in [9.17, 15) is 14.4 Å². The number of nitrogens with one attached hydrogen (secondary N) is 1. The van der Waals surface area contributed by atoms with Crippen LogP contribution in [0.2, 0.25) is 0 Å². The highest BCUT2D eigenvalue weighted by Crippen LogP contribution is 1.76. The molecule has 0 aliphatic rings. The molecule has 0 atom stereocenters. The molecule has 3 N–H and O–H groups in total. The fraction of sp³-hybridized carbons (Fsp3) is 0.500. The molecule has 0 aromatic heterocycles. The molecule has 0 bridgehead atoms. The molecule has 2 amide bonds. The molecule has 0 radical (unpaired) electrons. The highest BCUT2D eigenvalue weighted by Gasteiger charge is 2.13. The summed E-state index contributed by atoms with van der Waals surface area (Å²) in [5.74, 6) is -2.69. The van der Waals surface area contributed by atoms with Crippen molar-refractivity contribution >= 4 is 17.8 Å². The SMILES string of the molecule is CCOC(=O)C(=O)NCC(N)=O. The molecule has 6 heteroatoms. The Hall–Kier alpha value is -1.59. The zero-order chi connectivity index (χ0) is 9.56. The maximum Gasteiger partial charge on any atom is 0.396 e. The fourth-order valence-corrected chi connectivity index (χ4v) is 0.436. The fourth-order valence-electron chi connectivity index (χ4n) is 0.436. The number of amides is 2. The Balaban J connectivity index is 3.72. The van der Waals surface area contributed by atoms with Crippen molar-refractivity contribution in [3.05, 3.63) is 0 Å². The van der Waals surface area contributed by atoms with E-state index in [2.05, 4.69) is 4.74 Å². The molecule has 0 aromatic rings. The van der Waals surface area contributed by atoms with E-state index in [4.69, 9.17) is 5.73 Å². The third-order valence-corrected chi connectivity index (χ3v) is 0.884. The second-order valence-electron chi connectivity index (χ2n) is 1.87. The number of esters is 1. The molecule has 0 rings (SSSR count). The van der Waals surface area contributed by atoms with Crippen LogP contribution < -0.4 is 11.1 Å². The molecule has 0 aliphatic heterocycles. The molecule has 0 fully saturated rings. The van der Waals surface area contributed by atoms with E-state index in [1.807, 2.05) is 5.32 Å². The largest absolute Gasteiger partial charge is 0.459 e. The summed E-state index contributed by atoms with van der Waals surface area (Å²) in [6.07, 6.45) is 0. The summed E-state index contributed by atoms with van der Waals surface area (Å²) in [6, 6.07) is 0. The van der Waals surface area contributed by atoms with E-state index >= 15 is 0 Å². The minimum absolute atomic E-state index is 0.114. The van der Waals surface area contributed by atoms with Crippen LogP contribution in [0.4, 0.5) is 0 Å². The second kappa shape index (κ2) is 5.11. The summed E-state index contributed by atoms with van der Waals surface area (Å²) in [5.41, 5.74) is 4.71. The van der Waals surface area contributed by atoms with Gasteiger partial charge < -0.3 is 15.8 Å². The number of carbonyl (C=O) groups is 3. The molecule has 12 heavy (non-hydrogen) atoms. The van der Waals surface area contributed by atoms with Gasteiger partial charge in [-0.1, -0.05) is 0 Å². The smallest absolute Gasteiger partial charge is 0.396 e. The van der Waals surface area contributed by atoms with E-state index in [1.165, 1.54) is 0 Å². The lowest BCUT2D eigenvalue weighted by atomic mass is 10.5. The first-order valence-electron chi connectivity index (χ1n) is 3.31. The van der Waals surface area contributed by atoms with Crippen molar-refractivity contribution in [2.45, 2.75) is 6.92 Å². The van der Waals surface area contributed by atoms with Gasteiger partial charge in [0.25, 0.3) is 0 Å². The van der Waals surface area contributed by atoms with Crippen LogP contribution in [0.25, 0.3) is 0 Å². The summed E-state index contributed by atoms with van der Waals surface area (Å²) >= 11 is 0. The van der Waals surface area contributed by atoms with E-state index in [-0.39, 0.29) is 13.2 Å². The van der Waals surface area contributed by atoms with Gasteiger partial charge in [0.1, 0.15) is 0 Å². The molecule has 0 aromatic carbocycles. The van der Waals surface area contributed by atoms with E-state index in [0.29, 0.717) is 0 Å². The van der Waals surface area contributed by atoms with Crippen LogP contribution in [0.5, 0.6) is 0 Å². The predicted molar refractivity (Wildman–Crippen MR) is 38.8 cm³/mol. The van der Waals surface area contributed by atoms with Crippen molar-refractivity contribution in [3.63, 3.8) is 0 Å². The van der Waals surface area contributed by atoms with Gasteiger partial charge in [-0.2, -0.15) is 0 Å². The molecule has 68 valence electrons. The van der Waals surface area contributed by atoms with Crippen LogP contribution in [0.15, 0.2) is 0 Å². The van der Waals surface area contributed by atoms with Crippen molar-refractivity contribution in [1.29, 1.82) is 0 Å². The molecule has 0 heterocycles. The summed E-state index contributed by atoms with van der Waals surface area (Å²) < 4.78 is 4.33. The number of nitrogens with two attached hydrogens (primary N) is 1. The molecule has 0 aliphatic carbocycles. The number of carbonyl (C=O) groups excluding carboxylic acids is 3. The third-order valence-electron chi connectivity index (χ3n) is 0.884. The lowest BCUT2D eigenvalue weighted by Crippen LogP contribution is -2.38. The minimum atomic E-state index is -1.02. The van der Waals surface area contributed by atoms with Gasteiger partial charge >= 0.3 is 11.9 Å². The molecule has 0 unspecified atom stereocenters. The Morgan fingerprint density at radius 1 is 1.42 bits per heavy atom. The van der Waals surface area contributed by atoms with Crippen molar-refractivity contribution in [2.24, 2.45) is 5.73 Å². The highest BCUT2D eigenvalue weighted by molar-refractivity contribution is 6.32. The van der Waals surface area contributed by atoms with Crippen LogP contribution in [0, 0.1) is 0 Å². The first kappa shape index (κ1) is 10.4. The number of hydrogen-bond acceptors (Lipinski definition) is 4. The second-order valence-corrected chi connectivity index (χ2v) is 1.87. The minimum Gasteiger partial charge on any atom is -0.459 e. The van der Waals surface area contributed by atoms with Gasteiger partial charge in [-0.05, 0) is 6.92 Å². The molecule has 0 spiro atoms. The average molecular weight is 174 g/mol. The molecule has 6 nitrogen and oxygen atoms in total. The Bertz CT molecular complexity index is 202. The van der Waals surface area contributed by atoms with E-state index in [1.54, 1.807) is 6.92 Å². The predicted octanol–water partition coefficient (Wildman–Crippen LogP) is -1.85. The van der Waals surface area contributed by atoms with E-state index in [0.717, 1.165) is 0 Å². The van der Waals surface area contributed by atoms with Crippen LogP contribution in [-0.2, 0) is 19.1 Å². The summed E-state index contributed by atoms with van der Waals surface area (Å²) in [7, 11) is 0. The third kappa shape index (κ3) is 4.26. The molecule has 0 saturated carbocycles. The number of primary amides is 1. The maximum absolute atomic E-state index is 10.6. The van der Waals surface area contributed by atoms with Crippen LogP contribution in [-0.4, -0.2) is 30.9 Å². The van der Waals surface area contributed by atoms with Gasteiger partial charge in [0.15, 0.2) is 0 Å². The van der Waals surface area contributed by atoms with Gasteiger partial charge in [0, 0.05) is 0 Å². The molecule has 0 saturated heterocycles. The zero-order valence-electron chi connectivity index (χ0n) is 6.62. The van der Waals surface area contributed by atoms with Crippen LogP contribution in [0.3, 0.4) is 0 Å². The Kier molecular flexibility index (Phi) is 4.43. The van der Waals surface area contributed by atoms with Crippen molar-refractivity contribution in [1.82, 2.24) is 5.32 Å². The summed E-state index contributed by atoms with van der Waals surface area (Å²) in [4.78, 5) is 31.4. The van der Waals surface area contributed by atoms with Gasteiger partial charge in [-0.3, -0.25) is 9.59 Å². The topological polar surface area (TPSA) is 98.5 Å². The Labute approximate surface area is 69.1 Å². The van der Waals surface area contributed by atoms with Gasteiger partial charge in [-0.25, -0.2) is 4.79 Å². The summed E-state index contributed by atoms with van der Waals surface area (Å²) in [6.45, 7) is 1.32. The van der Waals surface area contributed by atoms with Crippen LogP contribution >= 0.6 is 0 Å². The maximum atomic E-state index is 10.6. The van der Waals surface area contributed by atoms with E-state index < -0.39 is 17.8 Å². The average Bonchev–Trinajstić information content (AvgIpc) is 2.00. The lowest BCUT2D eigenvalue weighted by molar-refractivity contribution is -0.154. The monoisotopic (exact) mass is 174 g/mol. The van der Waals surface area contributed by atoms with Crippen molar-refractivity contribution in [3.8, 4) is 0 Å². The van der Waals surface area contributed by atoms with Gasteiger partial charge in [0.05, 0.1) is 13.2 Å². The normalized spacial score (nSPS) is 8.75. The standard InChI is InChI=1S/C6H10N2O4/c1-2-12-6(11)5(10)8-3-4(7)9/h2-3H2,1H3,(H2,7,9)(H,8,10).